The van der Waals surface area contributed by atoms with Gasteiger partial charge in [0.2, 0.25) is 0 Å². The van der Waals surface area contributed by atoms with Crippen LogP contribution in [0.2, 0.25) is 0 Å². The van der Waals surface area contributed by atoms with Crippen molar-refractivity contribution in [1.82, 2.24) is 4.57 Å². The second-order valence-electron chi connectivity index (χ2n) is 19.1. The molecule has 1 aromatic heterocycles. The standard InChI is InChI=1S/C67H44N2/c1-2-17-51-49(15-1)50-16-3-4-18-52(50)60-41-47(37-39-53(51)60)68(45-33-29-43(30-34-45)44-31-35-46(36-32-44)69-65-27-13-8-22-58(65)59-23-9-14-28-66(59)69)48-38-40-57-56-21-7-12-26-63(56)67(64(57)42-48)61-24-10-5-19-54(61)55-20-6-11-25-62(55)67/h1-42,56,63H. The third-order valence-corrected chi connectivity index (χ3v) is 15.9. The number of anilines is 3. The summed E-state index contributed by atoms with van der Waals surface area (Å²) in [5.41, 5.74) is 17.3. The highest BCUT2D eigenvalue weighted by Gasteiger charge is 2.57. The molecule has 12 aromatic rings. The van der Waals surface area contributed by atoms with Gasteiger partial charge < -0.3 is 9.47 Å². The zero-order valence-electron chi connectivity index (χ0n) is 37.8. The summed E-state index contributed by atoms with van der Waals surface area (Å²) < 4.78 is 2.38. The molecule has 0 fully saturated rings. The number of benzene rings is 11. The van der Waals surface area contributed by atoms with E-state index in [0.29, 0.717) is 0 Å². The van der Waals surface area contributed by atoms with Crippen molar-refractivity contribution in [2.24, 2.45) is 5.92 Å². The van der Waals surface area contributed by atoms with Gasteiger partial charge in [-0.1, -0.05) is 194 Å². The maximum Gasteiger partial charge on any atom is 0.0541 e. The van der Waals surface area contributed by atoms with Gasteiger partial charge in [0, 0.05) is 45.4 Å². The van der Waals surface area contributed by atoms with Crippen LogP contribution < -0.4 is 4.90 Å². The molecule has 69 heavy (non-hydrogen) atoms. The first-order chi connectivity index (χ1) is 34.2. The number of allylic oxidation sites excluding steroid dienone is 4. The summed E-state index contributed by atoms with van der Waals surface area (Å²) in [6, 6.07) is 86.3. The van der Waals surface area contributed by atoms with Crippen LogP contribution in [0, 0.1) is 5.92 Å². The monoisotopic (exact) mass is 876 g/mol. The summed E-state index contributed by atoms with van der Waals surface area (Å²) in [6.45, 7) is 0. The summed E-state index contributed by atoms with van der Waals surface area (Å²) in [5.74, 6) is 0.527. The van der Waals surface area contributed by atoms with Crippen molar-refractivity contribution in [1.29, 1.82) is 0 Å². The Kier molecular flexibility index (Phi) is 8.15. The van der Waals surface area contributed by atoms with Crippen molar-refractivity contribution in [3.8, 4) is 27.9 Å². The highest BCUT2D eigenvalue weighted by atomic mass is 15.1. The average molecular weight is 877 g/mol. The van der Waals surface area contributed by atoms with Crippen LogP contribution in [-0.4, -0.2) is 4.57 Å². The minimum atomic E-state index is -0.329. The van der Waals surface area contributed by atoms with E-state index in [9.17, 15) is 0 Å². The molecule has 0 saturated carbocycles. The Morgan fingerprint density at radius 1 is 0.348 bits per heavy atom. The molecule has 0 saturated heterocycles. The lowest BCUT2D eigenvalue weighted by Gasteiger charge is -2.36. The zero-order valence-corrected chi connectivity index (χ0v) is 37.8. The normalized spacial score (nSPS) is 16.1. The molecule has 15 rings (SSSR count). The van der Waals surface area contributed by atoms with Gasteiger partial charge in [-0.15, -0.1) is 0 Å². The number of fused-ring (bicyclic) bond motifs is 19. The molecule has 2 nitrogen and oxygen atoms in total. The van der Waals surface area contributed by atoms with E-state index in [1.165, 1.54) is 98.6 Å². The number of hydrogen-bond donors (Lipinski definition) is 0. The van der Waals surface area contributed by atoms with E-state index in [0.717, 1.165) is 22.7 Å². The third kappa shape index (κ3) is 5.37. The topological polar surface area (TPSA) is 8.17 Å². The fourth-order valence-electron chi connectivity index (χ4n) is 13.0. The Morgan fingerprint density at radius 2 is 0.812 bits per heavy atom. The molecule has 2 atom stereocenters. The lowest BCUT2D eigenvalue weighted by molar-refractivity contribution is 0.465. The number of hydrogen-bond acceptors (Lipinski definition) is 1. The Labute approximate surface area is 401 Å². The molecule has 0 amide bonds. The summed E-state index contributed by atoms with van der Waals surface area (Å²) in [5, 5.41) is 10.2. The van der Waals surface area contributed by atoms with E-state index >= 15 is 0 Å². The molecular formula is C67H44N2. The summed E-state index contributed by atoms with van der Waals surface area (Å²) in [7, 11) is 0. The van der Waals surface area contributed by atoms with Crippen LogP contribution in [0.25, 0.3) is 82.1 Å². The van der Waals surface area contributed by atoms with Crippen molar-refractivity contribution in [3.63, 3.8) is 0 Å². The number of para-hydroxylation sites is 2. The second-order valence-corrected chi connectivity index (χ2v) is 19.1. The summed E-state index contributed by atoms with van der Waals surface area (Å²) in [4.78, 5) is 2.49. The molecular weight excluding hydrogens is 833 g/mol. The number of rotatable bonds is 5. The van der Waals surface area contributed by atoms with Gasteiger partial charge in [0.25, 0.3) is 0 Å². The van der Waals surface area contributed by atoms with Crippen molar-refractivity contribution >= 4 is 71.2 Å². The highest BCUT2D eigenvalue weighted by Crippen LogP contribution is 2.65. The molecule has 2 unspecified atom stereocenters. The first-order valence-electron chi connectivity index (χ1n) is 24.3. The van der Waals surface area contributed by atoms with Crippen LogP contribution in [0.3, 0.4) is 0 Å². The van der Waals surface area contributed by atoms with E-state index in [2.05, 4.69) is 264 Å². The lowest BCUT2D eigenvalue weighted by Crippen LogP contribution is -2.33. The minimum Gasteiger partial charge on any atom is -0.310 e. The van der Waals surface area contributed by atoms with Gasteiger partial charge in [0.15, 0.2) is 0 Å². The molecule has 2 heteroatoms. The van der Waals surface area contributed by atoms with Crippen molar-refractivity contribution in [2.75, 3.05) is 4.90 Å². The predicted molar refractivity (Wildman–Crippen MR) is 290 cm³/mol. The molecule has 0 radical (unpaired) electrons. The van der Waals surface area contributed by atoms with Gasteiger partial charge in [-0.05, 0) is 137 Å². The molecule has 11 aromatic carbocycles. The Balaban J connectivity index is 0.908. The van der Waals surface area contributed by atoms with Crippen molar-refractivity contribution in [2.45, 2.75) is 11.3 Å². The fraction of sp³-hybridized carbons (Fsp3) is 0.0448. The predicted octanol–water partition coefficient (Wildman–Crippen LogP) is 17.5. The zero-order chi connectivity index (χ0) is 45.2. The lowest BCUT2D eigenvalue weighted by atomic mass is 9.65. The van der Waals surface area contributed by atoms with Crippen molar-refractivity contribution < 1.29 is 0 Å². The van der Waals surface area contributed by atoms with Gasteiger partial charge in [0.05, 0.1) is 16.4 Å². The SMILES string of the molecule is C1=CC2c3ccc(N(c4ccc(-c5ccc(-n6c7ccccc7c7ccccc76)cc5)cc4)c4ccc5c6ccccc6c6ccccc6c5c4)cc3C3(c4ccccc4-c4ccccc43)C2C=C1. The van der Waals surface area contributed by atoms with E-state index in [-0.39, 0.29) is 17.3 Å². The van der Waals surface area contributed by atoms with Gasteiger partial charge in [-0.2, -0.15) is 0 Å². The van der Waals surface area contributed by atoms with Crippen LogP contribution in [0.1, 0.15) is 28.2 Å². The summed E-state index contributed by atoms with van der Waals surface area (Å²) >= 11 is 0. The quantitative estimate of drug-likeness (QED) is 0.156. The van der Waals surface area contributed by atoms with Crippen LogP contribution in [-0.2, 0) is 5.41 Å². The maximum absolute atomic E-state index is 2.54. The highest BCUT2D eigenvalue weighted by molar-refractivity contribution is 6.26. The van der Waals surface area contributed by atoms with Gasteiger partial charge in [-0.25, -0.2) is 0 Å². The first-order valence-corrected chi connectivity index (χ1v) is 24.3. The van der Waals surface area contributed by atoms with Crippen LogP contribution >= 0.6 is 0 Å². The fourth-order valence-corrected chi connectivity index (χ4v) is 13.0. The van der Waals surface area contributed by atoms with Gasteiger partial charge >= 0.3 is 0 Å². The van der Waals surface area contributed by atoms with Gasteiger partial charge in [-0.3, -0.25) is 0 Å². The average Bonchev–Trinajstić information content (AvgIpc) is 4.03. The van der Waals surface area contributed by atoms with Crippen LogP contribution in [0.15, 0.2) is 255 Å². The summed E-state index contributed by atoms with van der Waals surface area (Å²) in [6.07, 6.45) is 9.44. The molecule has 0 bridgehead atoms. The molecule has 1 spiro atoms. The van der Waals surface area contributed by atoms with Crippen LogP contribution in [0.4, 0.5) is 17.1 Å². The van der Waals surface area contributed by atoms with Gasteiger partial charge in [0.1, 0.15) is 0 Å². The molecule has 322 valence electrons. The Bertz CT molecular complexity index is 4010. The van der Waals surface area contributed by atoms with Crippen LogP contribution in [0.5, 0.6) is 0 Å². The molecule has 0 aliphatic heterocycles. The molecule has 3 aliphatic carbocycles. The smallest absolute Gasteiger partial charge is 0.0541 e. The molecule has 3 aliphatic rings. The van der Waals surface area contributed by atoms with E-state index < -0.39 is 0 Å². The molecule has 0 N–H and O–H groups in total. The number of aromatic nitrogens is 1. The van der Waals surface area contributed by atoms with E-state index in [1.807, 2.05) is 0 Å². The maximum atomic E-state index is 2.54. The second kappa shape index (κ2) is 14.6. The number of nitrogens with zero attached hydrogens (tertiary/aromatic N) is 2. The third-order valence-electron chi connectivity index (χ3n) is 15.9. The first kappa shape index (κ1) is 38.4. The Hall–Kier alpha value is -8.72. The molecule has 1 heterocycles. The van der Waals surface area contributed by atoms with Crippen molar-refractivity contribution in [3.05, 3.63) is 277 Å². The van der Waals surface area contributed by atoms with E-state index in [4.69, 9.17) is 0 Å². The Morgan fingerprint density at radius 3 is 1.43 bits per heavy atom. The largest absolute Gasteiger partial charge is 0.310 e. The minimum absolute atomic E-state index is 0.256. The van der Waals surface area contributed by atoms with E-state index in [1.54, 1.807) is 0 Å².